The molecule has 0 spiro atoms. The molecule has 2 unspecified atom stereocenters. The number of hydrogen-bond donors (Lipinski definition) is 4. The molecule has 0 saturated heterocycles. The Morgan fingerprint density at radius 2 is 1.44 bits per heavy atom. The van der Waals surface area contributed by atoms with Gasteiger partial charge in [0.1, 0.15) is 12.1 Å². The third-order valence-electron chi connectivity index (χ3n) is 2.36. The van der Waals surface area contributed by atoms with Gasteiger partial charge < -0.3 is 21.7 Å². The summed E-state index contributed by atoms with van der Waals surface area (Å²) < 4.78 is 0. The highest BCUT2D eigenvalue weighted by atomic mass is 16.4. The van der Waals surface area contributed by atoms with Gasteiger partial charge in [-0.2, -0.15) is 0 Å². The zero-order valence-electron chi connectivity index (χ0n) is 9.61. The maximum absolute atomic E-state index is 10.6. The van der Waals surface area contributed by atoms with Gasteiger partial charge in [-0.3, -0.25) is 14.6 Å². The fraction of sp³-hybridized carbons (Fsp3) is 0.364. The number of aromatic nitrogens is 1. The van der Waals surface area contributed by atoms with Crippen molar-refractivity contribution in [1.82, 2.24) is 4.98 Å². The topological polar surface area (TPSA) is 140 Å². The number of hydrogen-bond acceptors (Lipinski definition) is 5. The standard InChI is InChI=1S/C11H15N3O4/c12-8(10(15)16)4-6-2-1-3-7(14-6)5-9(13)11(17)18/h1-3,8-9H,4-5,12-13H2,(H,15,16)(H,17,18). The molecule has 0 aromatic carbocycles. The van der Waals surface area contributed by atoms with E-state index in [1.165, 1.54) is 0 Å². The average molecular weight is 253 g/mol. The van der Waals surface area contributed by atoms with E-state index in [-0.39, 0.29) is 12.8 Å². The molecule has 1 aromatic heterocycles. The molecule has 6 N–H and O–H groups in total. The van der Waals surface area contributed by atoms with Crippen LogP contribution in [0.1, 0.15) is 11.4 Å². The number of nitrogens with zero attached hydrogens (tertiary/aromatic N) is 1. The molecule has 0 aliphatic heterocycles. The number of pyridine rings is 1. The molecule has 0 amide bonds. The monoisotopic (exact) mass is 253 g/mol. The molecular formula is C11H15N3O4. The van der Waals surface area contributed by atoms with E-state index in [4.69, 9.17) is 21.7 Å². The minimum Gasteiger partial charge on any atom is -0.480 e. The summed E-state index contributed by atoms with van der Waals surface area (Å²) in [7, 11) is 0. The molecule has 0 aliphatic rings. The summed E-state index contributed by atoms with van der Waals surface area (Å²) in [6.07, 6.45) is 0.178. The zero-order valence-corrected chi connectivity index (χ0v) is 9.61. The Labute approximate surface area is 103 Å². The van der Waals surface area contributed by atoms with Crippen LogP contribution in [0.2, 0.25) is 0 Å². The summed E-state index contributed by atoms with van der Waals surface area (Å²) >= 11 is 0. The molecule has 0 bridgehead atoms. The average Bonchev–Trinajstić information content (AvgIpc) is 2.29. The Kier molecular flexibility index (Phi) is 4.75. The predicted octanol–water partition coefficient (Wildman–Crippen LogP) is -1.01. The van der Waals surface area contributed by atoms with Crippen molar-refractivity contribution in [2.24, 2.45) is 11.5 Å². The van der Waals surface area contributed by atoms with Crippen molar-refractivity contribution in [3.63, 3.8) is 0 Å². The highest BCUT2D eigenvalue weighted by molar-refractivity contribution is 5.73. The Bertz CT molecular complexity index is 412. The van der Waals surface area contributed by atoms with Gasteiger partial charge in [0, 0.05) is 24.2 Å². The molecule has 1 rings (SSSR count). The molecule has 7 heteroatoms. The smallest absolute Gasteiger partial charge is 0.320 e. The zero-order chi connectivity index (χ0) is 13.7. The molecule has 18 heavy (non-hydrogen) atoms. The van der Waals surface area contributed by atoms with Crippen LogP contribution in [-0.2, 0) is 22.4 Å². The van der Waals surface area contributed by atoms with E-state index in [0.29, 0.717) is 11.4 Å². The van der Waals surface area contributed by atoms with Crippen LogP contribution in [0.3, 0.4) is 0 Å². The molecule has 0 saturated carbocycles. The summed E-state index contributed by atoms with van der Waals surface area (Å²) in [5, 5.41) is 17.4. The van der Waals surface area contributed by atoms with Gasteiger partial charge in [-0.1, -0.05) is 6.07 Å². The number of rotatable bonds is 6. The van der Waals surface area contributed by atoms with Crippen molar-refractivity contribution < 1.29 is 19.8 Å². The number of carboxylic acids is 2. The minimum atomic E-state index is -1.11. The van der Waals surface area contributed by atoms with Crippen molar-refractivity contribution >= 4 is 11.9 Å². The van der Waals surface area contributed by atoms with Crippen molar-refractivity contribution in [3.05, 3.63) is 29.6 Å². The van der Waals surface area contributed by atoms with Gasteiger partial charge in [-0.15, -0.1) is 0 Å². The second-order valence-electron chi connectivity index (χ2n) is 3.92. The van der Waals surface area contributed by atoms with Crippen LogP contribution in [-0.4, -0.2) is 39.2 Å². The van der Waals surface area contributed by atoms with E-state index >= 15 is 0 Å². The fourth-order valence-corrected chi connectivity index (χ4v) is 1.38. The minimum absolute atomic E-state index is 0.0888. The lowest BCUT2D eigenvalue weighted by molar-refractivity contribution is -0.139. The molecule has 7 nitrogen and oxygen atoms in total. The normalized spacial score (nSPS) is 13.9. The molecular weight excluding hydrogens is 238 g/mol. The van der Waals surface area contributed by atoms with Crippen LogP contribution >= 0.6 is 0 Å². The molecule has 0 radical (unpaired) electrons. The highest BCUT2D eigenvalue weighted by Crippen LogP contribution is 2.04. The van der Waals surface area contributed by atoms with Gasteiger partial charge in [0.05, 0.1) is 0 Å². The van der Waals surface area contributed by atoms with Crippen LogP contribution in [0.15, 0.2) is 18.2 Å². The fourth-order valence-electron chi connectivity index (χ4n) is 1.38. The lowest BCUT2D eigenvalue weighted by Gasteiger charge is -2.09. The van der Waals surface area contributed by atoms with Gasteiger partial charge in [0.2, 0.25) is 0 Å². The first-order valence-electron chi connectivity index (χ1n) is 5.31. The molecule has 0 fully saturated rings. The quantitative estimate of drug-likeness (QED) is 0.509. The molecule has 1 aromatic rings. The largest absolute Gasteiger partial charge is 0.480 e. The van der Waals surface area contributed by atoms with Crippen molar-refractivity contribution in [2.45, 2.75) is 24.9 Å². The SMILES string of the molecule is NC(Cc1cccc(CC(N)C(=O)O)n1)C(=O)O. The summed E-state index contributed by atoms with van der Waals surface area (Å²) in [5.41, 5.74) is 11.8. The molecule has 2 atom stereocenters. The van der Waals surface area contributed by atoms with Crippen molar-refractivity contribution in [3.8, 4) is 0 Å². The Balaban J connectivity index is 2.73. The Morgan fingerprint density at radius 3 is 1.78 bits per heavy atom. The summed E-state index contributed by atoms with van der Waals surface area (Å²) in [4.78, 5) is 25.3. The van der Waals surface area contributed by atoms with Gasteiger partial charge in [0.25, 0.3) is 0 Å². The van der Waals surface area contributed by atoms with Crippen LogP contribution in [0, 0.1) is 0 Å². The van der Waals surface area contributed by atoms with Crippen LogP contribution < -0.4 is 11.5 Å². The van der Waals surface area contributed by atoms with Gasteiger partial charge in [-0.25, -0.2) is 0 Å². The Hall–Kier alpha value is -1.99. The van der Waals surface area contributed by atoms with Gasteiger partial charge >= 0.3 is 11.9 Å². The highest BCUT2D eigenvalue weighted by Gasteiger charge is 2.15. The van der Waals surface area contributed by atoms with Crippen LogP contribution in [0.4, 0.5) is 0 Å². The van der Waals surface area contributed by atoms with E-state index in [0.717, 1.165) is 0 Å². The lowest BCUT2D eigenvalue weighted by Crippen LogP contribution is -2.33. The molecule has 98 valence electrons. The third kappa shape index (κ3) is 4.11. The van der Waals surface area contributed by atoms with E-state index < -0.39 is 24.0 Å². The van der Waals surface area contributed by atoms with Crippen LogP contribution in [0.5, 0.6) is 0 Å². The van der Waals surface area contributed by atoms with Gasteiger partial charge in [0.15, 0.2) is 0 Å². The lowest BCUT2D eigenvalue weighted by atomic mass is 10.1. The number of aliphatic carboxylic acids is 2. The van der Waals surface area contributed by atoms with Gasteiger partial charge in [-0.05, 0) is 12.1 Å². The molecule has 1 heterocycles. The first-order chi connectivity index (χ1) is 8.40. The number of nitrogens with two attached hydrogens (primary N) is 2. The maximum atomic E-state index is 10.6. The summed E-state index contributed by atoms with van der Waals surface area (Å²) in [6, 6.07) is 2.89. The predicted molar refractivity (Wildman–Crippen MR) is 62.9 cm³/mol. The first-order valence-corrected chi connectivity index (χ1v) is 5.31. The first kappa shape index (κ1) is 14.1. The van der Waals surface area contributed by atoms with E-state index in [1.807, 2.05) is 0 Å². The number of carbonyl (C=O) groups is 2. The van der Waals surface area contributed by atoms with Crippen molar-refractivity contribution in [2.75, 3.05) is 0 Å². The maximum Gasteiger partial charge on any atom is 0.320 e. The van der Waals surface area contributed by atoms with E-state index in [1.54, 1.807) is 18.2 Å². The van der Waals surface area contributed by atoms with E-state index in [2.05, 4.69) is 4.98 Å². The summed E-state index contributed by atoms with van der Waals surface area (Å²) in [5.74, 6) is -2.21. The van der Waals surface area contributed by atoms with E-state index in [9.17, 15) is 9.59 Å². The summed E-state index contributed by atoms with van der Waals surface area (Å²) in [6.45, 7) is 0. The van der Waals surface area contributed by atoms with Crippen LogP contribution in [0.25, 0.3) is 0 Å². The second kappa shape index (κ2) is 6.08. The second-order valence-corrected chi connectivity index (χ2v) is 3.92. The third-order valence-corrected chi connectivity index (χ3v) is 2.36. The number of carboxylic acid groups (broad SMARTS) is 2. The Morgan fingerprint density at radius 1 is 1.06 bits per heavy atom. The van der Waals surface area contributed by atoms with Crippen molar-refractivity contribution in [1.29, 1.82) is 0 Å². The molecule has 0 aliphatic carbocycles.